The van der Waals surface area contributed by atoms with E-state index in [1.807, 2.05) is 37.3 Å². The highest BCUT2D eigenvalue weighted by atomic mass is 16.5. The third-order valence-corrected chi connectivity index (χ3v) is 4.74. The van der Waals surface area contributed by atoms with Crippen molar-refractivity contribution in [2.45, 2.75) is 13.0 Å². The number of para-hydroxylation sites is 1. The number of nitrogens with one attached hydrogen (secondary N) is 2. The van der Waals surface area contributed by atoms with Gasteiger partial charge in [0.2, 0.25) is 0 Å². The van der Waals surface area contributed by atoms with E-state index < -0.39 is 11.9 Å². The fourth-order valence-electron chi connectivity index (χ4n) is 3.03. The minimum absolute atomic E-state index is 0.191. The maximum Gasteiger partial charge on any atom is 0.337 e. The normalized spacial score (nSPS) is 11.2. The van der Waals surface area contributed by atoms with Crippen molar-refractivity contribution in [2.75, 3.05) is 19.0 Å². The summed E-state index contributed by atoms with van der Waals surface area (Å²) in [6.45, 7) is 1.64. The fourth-order valence-corrected chi connectivity index (χ4v) is 3.03. The second kappa shape index (κ2) is 10.8. The van der Waals surface area contributed by atoms with Crippen molar-refractivity contribution in [3.05, 3.63) is 95.6 Å². The van der Waals surface area contributed by atoms with Gasteiger partial charge in [0.15, 0.2) is 6.61 Å². The predicted molar refractivity (Wildman–Crippen MR) is 121 cm³/mol. The Labute approximate surface area is 186 Å². The molecule has 0 radical (unpaired) electrons. The zero-order valence-corrected chi connectivity index (χ0v) is 17.8. The van der Waals surface area contributed by atoms with Crippen LogP contribution in [0.1, 0.15) is 39.2 Å². The lowest BCUT2D eigenvalue weighted by molar-refractivity contribution is -0.118. The Bertz CT molecular complexity index is 1080. The molecule has 7 nitrogen and oxygen atoms in total. The van der Waals surface area contributed by atoms with Crippen molar-refractivity contribution in [3.63, 3.8) is 0 Å². The number of hydrogen-bond donors (Lipinski definition) is 2. The van der Waals surface area contributed by atoms with Gasteiger partial charge in [-0.05, 0) is 48.9 Å². The molecule has 2 N–H and O–H groups in total. The summed E-state index contributed by atoms with van der Waals surface area (Å²) >= 11 is 0. The lowest BCUT2D eigenvalue weighted by Gasteiger charge is -2.16. The first-order valence-corrected chi connectivity index (χ1v) is 10.0. The number of methoxy groups -OCH3 is 1. The Morgan fingerprint density at radius 2 is 1.53 bits per heavy atom. The molecule has 0 bridgehead atoms. The summed E-state index contributed by atoms with van der Waals surface area (Å²) in [5, 5.41) is 5.66. The van der Waals surface area contributed by atoms with E-state index >= 15 is 0 Å². The highest BCUT2D eigenvalue weighted by molar-refractivity contribution is 6.04. The molecule has 0 saturated carbocycles. The largest absolute Gasteiger partial charge is 0.484 e. The third-order valence-electron chi connectivity index (χ3n) is 4.74. The van der Waals surface area contributed by atoms with Crippen molar-refractivity contribution >= 4 is 23.5 Å². The maximum absolute atomic E-state index is 12.8. The molecular formula is C25H24N2O5. The second-order valence-corrected chi connectivity index (χ2v) is 7.00. The predicted octanol–water partition coefficient (Wildman–Crippen LogP) is 3.98. The van der Waals surface area contributed by atoms with Gasteiger partial charge in [-0.15, -0.1) is 0 Å². The SMILES string of the molecule is COC(=O)c1ccc(OCC(=O)Nc2ccccc2C(=O)N[C@@H](C)c2ccccc2)cc1. The average Bonchev–Trinajstić information content (AvgIpc) is 2.83. The standard InChI is InChI=1S/C25H24N2O5/c1-17(18-8-4-3-5-9-18)26-24(29)21-10-6-7-11-22(21)27-23(28)16-32-20-14-12-19(13-15-20)25(30)31-2/h3-15,17H,16H2,1-2H3,(H,26,29)(H,27,28)/t17-/m0/s1. The number of benzene rings is 3. The molecule has 0 spiro atoms. The van der Waals surface area contributed by atoms with E-state index in [2.05, 4.69) is 15.4 Å². The van der Waals surface area contributed by atoms with E-state index in [0.717, 1.165) is 5.56 Å². The van der Waals surface area contributed by atoms with E-state index in [9.17, 15) is 14.4 Å². The summed E-state index contributed by atoms with van der Waals surface area (Å²) in [6.07, 6.45) is 0. The number of esters is 1. The molecule has 3 aromatic rings. The molecule has 3 rings (SSSR count). The Hall–Kier alpha value is -4.13. The van der Waals surface area contributed by atoms with E-state index in [1.54, 1.807) is 48.5 Å². The van der Waals surface area contributed by atoms with Gasteiger partial charge < -0.3 is 20.1 Å². The molecule has 0 aliphatic heterocycles. The maximum atomic E-state index is 12.8. The molecule has 3 aromatic carbocycles. The smallest absolute Gasteiger partial charge is 0.337 e. The minimum Gasteiger partial charge on any atom is -0.484 e. The van der Waals surface area contributed by atoms with Gasteiger partial charge in [0.1, 0.15) is 5.75 Å². The van der Waals surface area contributed by atoms with Crippen LogP contribution in [0.3, 0.4) is 0 Å². The van der Waals surface area contributed by atoms with Gasteiger partial charge >= 0.3 is 5.97 Å². The Morgan fingerprint density at radius 1 is 0.875 bits per heavy atom. The van der Waals surface area contributed by atoms with E-state index in [-0.39, 0.29) is 18.6 Å². The van der Waals surface area contributed by atoms with Crippen LogP contribution >= 0.6 is 0 Å². The molecule has 0 fully saturated rings. The summed E-state index contributed by atoms with van der Waals surface area (Å²) in [7, 11) is 1.30. The number of rotatable bonds is 8. The number of anilines is 1. The number of carbonyl (C=O) groups excluding carboxylic acids is 3. The number of ether oxygens (including phenoxy) is 2. The molecule has 2 amide bonds. The molecule has 0 aliphatic rings. The highest BCUT2D eigenvalue weighted by Crippen LogP contribution is 2.18. The number of carbonyl (C=O) groups is 3. The molecule has 0 heterocycles. The first kappa shape index (κ1) is 22.6. The zero-order chi connectivity index (χ0) is 22.9. The lowest BCUT2D eigenvalue weighted by Crippen LogP contribution is -2.28. The van der Waals surface area contributed by atoms with Crippen LogP contribution in [0.15, 0.2) is 78.9 Å². The topological polar surface area (TPSA) is 93.7 Å². The van der Waals surface area contributed by atoms with Crippen molar-refractivity contribution < 1.29 is 23.9 Å². The van der Waals surface area contributed by atoms with E-state index in [4.69, 9.17) is 4.74 Å². The monoisotopic (exact) mass is 432 g/mol. The highest BCUT2D eigenvalue weighted by Gasteiger charge is 2.16. The van der Waals surface area contributed by atoms with Crippen LogP contribution in [0.2, 0.25) is 0 Å². The number of amides is 2. The minimum atomic E-state index is -0.453. The van der Waals surface area contributed by atoms with Crippen LogP contribution in [-0.4, -0.2) is 31.5 Å². The second-order valence-electron chi connectivity index (χ2n) is 7.00. The molecule has 1 atom stereocenters. The Morgan fingerprint density at radius 3 is 2.22 bits per heavy atom. The lowest BCUT2D eigenvalue weighted by atomic mass is 10.1. The van der Waals surface area contributed by atoms with Crippen molar-refractivity contribution in [1.29, 1.82) is 0 Å². The van der Waals surface area contributed by atoms with Crippen molar-refractivity contribution in [2.24, 2.45) is 0 Å². The molecule has 0 aromatic heterocycles. The van der Waals surface area contributed by atoms with Crippen molar-refractivity contribution in [3.8, 4) is 5.75 Å². The number of hydrogen-bond acceptors (Lipinski definition) is 5. The summed E-state index contributed by atoms with van der Waals surface area (Å²) in [5.41, 5.74) is 2.11. The molecule has 0 unspecified atom stereocenters. The molecule has 0 aliphatic carbocycles. The van der Waals surface area contributed by atoms with Crippen LogP contribution in [0.5, 0.6) is 5.75 Å². The molecule has 164 valence electrons. The van der Waals surface area contributed by atoms with Gasteiger partial charge in [-0.3, -0.25) is 9.59 Å². The summed E-state index contributed by atoms with van der Waals surface area (Å²) in [4.78, 5) is 36.6. The molecule has 32 heavy (non-hydrogen) atoms. The van der Waals surface area contributed by atoms with E-state index in [1.165, 1.54) is 7.11 Å². The van der Waals surface area contributed by atoms with Gasteiger partial charge in [-0.1, -0.05) is 42.5 Å². The molecule has 0 saturated heterocycles. The van der Waals surface area contributed by atoms with Crippen molar-refractivity contribution in [1.82, 2.24) is 5.32 Å². The fraction of sp³-hybridized carbons (Fsp3) is 0.160. The molecule has 7 heteroatoms. The van der Waals surface area contributed by atoms with Crippen LogP contribution in [0.25, 0.3) is 0 Å². The summed E-state index contributed by atoms with van der Waals surface area (Å²) < 4.78 is 10.1. The Kier molecular flexibility index (Phi) is 7.59. The van der Waals surface area contributed by atoms with Gasteiger partial charge in [-0.25, -0.2) is 4.79 Å². The quantitative estimate of drug-likeness (QED) is 0.525. The summed E-state index contributed by atoms with van der Waals surface area (Å²) in [6, 6.07) is 22.4. The summed E-state index contributed by atoms with van der Waals surface area (Å²) in [5.74, 6) is -0.740. The average molecular weight is 432 g/mol. The zero-order valence-electron chi connectivity index (χ0n) is 17.8. The van der Waals surface area contributed by atoms with Crippen LogP contribution in [0, 0.1) is 0 Å². The van der Waals surface area contributed by atoms with Crippen LogP contribution < -0.4 is 15.4 Å². The Balaban J connectivity index is 1.59. The molecular weight excluding hydrogens is 408 g/mol. The van der Waals surface area contributed by atoms with Crippen LogP contribution in [0.4, 0.5) is 5.69 Å². The first-order chi connectivity index (χ1) is 15.5. The van der Waals surface area contributed by atoms with Gasteiger partial charge in [0, 0.05) is 0 Å². The van der Waals surface area contributed by atoms with Gasteiger partial charge in [0.25, 0.3) is 11.8 Å². The first-order valence-electron chi connectivity index (χ1n) is 10.0. The van der Waals surface area contributed by atoms with Crippen LogP contribution in [-0.2, 0) is 9.53 Å². The van der Waals surface area contributed by atoms with Gasteiger partial charge in [-0.2, -0.15) is 0 Å². The van der Waals surface area contributed by atoms with Gasteiger partial charge in [0.05, 0.1) is 30.0 Å². The third kappa shape index (κ3) is 5.95. The van der Waals surface area contributed by atoms with E-state index in [0.29, 0.717) is 22.6 Å².